The minimum atomic E-state index is -0.398. The molecule has 1 atom stereocenters. The van der Waals surface area contributed by atoms with Crippen LogP contribution in [-0.2, 0) is 24.3 Å². The van der Waals surface area contributed by atoms with Crippen molar-refractivity contribution in [2.24, 2.45) is 0 Å². The second-order valence-corrected chi connectivity index (χ2v) is 8.07. The van der Waals surface area contributed by atoms with E-state index in [2.05, 4.69) is 30.8 Å². The fourth-order valence-corrected chi connectivity index (χ4v) is 4.22. The molecule has 0 radical (unpaired) electrons. The fourth-order valence-electron chi connectivity index (χ4n) is 3.96. The lowest BCUT2D eigenvalue weighted by Gasteiger charge is -2.24. The number of carbonyl (C=O) groups excluding carboxylic acids is 2. The van der Waals surface area contributed by atoms with Crippen LogP contribution in [0.4, 0.5) is 0 Å². The average molecular weight is 431 g/mol. The highest BCUT2D eigenvalue weighted by Crippen LogP contribution is 2.22. The molecule has 2 aromatic rings. The second-order valence-electron chi connectivity index (χ2n) is 7.16. The minimum Gasteiger partial charge on any atom is -0.349 e. The van der Waals surface area contributed by atoms with E-state index in [1.807, 2.05) is 18.3 Å². The Morgan fingerprint density at radius 3 is 2.78 bits per heavy atom. The molecule has 2 aliphatic rings. The van der Waals surface area contributed by atoms with Crippen LogP contribution in [0.2, 0.25) is 0 Å². The third-order valence-corrected chi connectivity index (χ3v) is 5.93. The van der Waals surface area contributed by atoms with Crippen LogP contribution in [-0.4, -0.2) is 38.9 Å². The van der Waals surface area contributed by atoms with Gasteiger partial charge in [0.05, 0.1) is 18.4 Å². The molecular weight excluding hydrogens is 408 g/mol. The third-order valence-electron chi connectivity index (χ3n) is 5.40. The van der Waals surface area contributed by atoms with E-state index in [-0.39, 0.29) is 11.8 Å². The molecule has 1 saturated heterocycles. The Morgan fingerprint density at radius 2 is 1.96 bits per heavy atom. The van der Waals surface area contributed by atoms with Crippen molar-refractivity contribution in [1.82, 2.24) is 19.8 Å². The predicted molar refractivity (Wildman–Crippen MR) is 105 cm³/mol. The lowest BCUT2D eigenvalue weighted by molar-refractivity contribution is -0.125. The van der Waals surface area contributed by atoms with Crippen molar-refractivity contribution in [1.29, 1.82) is 0 Å². The maximum absolute atomic E-state index is 12.8. The summed E-state index contributed by atoms with van der Waals surface area (Å²) in [4.78, 5) is 31.7. The van der Waals surface area contributed by atoms with Gasteiger partial charge in [0, 0.05) is 29.5 Å². The molecule has 2 amide bonds. The van der Waals surface area contributed by atoms with Crippen LogP contribution < -0.4 is 5.32 Å². The van der Waals surface area contributed by atoms with Crippen LogP contribution >= 0.6 is 15.9 Å². The molecule has 0 spiro atoms. The molecule has 6 nitrogen and oxygen atoms in total. The number of hydrogen-bond acceptors (Lipinski definition) is 3. The summed E-state index contributed by atoms with van der Waals surface area (Å²) in [5, 5.41) is 3.02. The van der Waals surface area contributed by atoms with Gasteiger partial charge in [-0.3, -0.25) is 9.59 Å². The molecule has 1 fully saturated rings. The standard InChI is InChI=1S/C20H23BrN4O2/c21-15-8-6-14(7-9-15)20(27)25-11-3-4-17(25)19(26)23-13-16-12-22-18-5-1-2-10-24(16)18/h6-9,12,17H,1-5,10-11,13H2,(H,23,26). The zero-order valence-electron chi connectivity index (χ0n) is 15.2. The number of halogens is 1. The topological polar surface area (TPSA) is 67.2 Å². The summed E-state index contributed by atoms with van der Waals surface area (Å²) >= 11 is 3.38. The average Bonchev–Trinajstić information content (AvgIpc) is 3.33. The van der Waals surface area contributed by atoms with E-state index in [9.17, 15) is 9.59 Å². The summed E-state index contributed by atoms with van der Waals surface area (Å²) in [6, 6.07) is 6.88. The molecule has 1 N–H and O–H groups in total. The van der Waals surface area contributed by atoms with E-state index in [4.69, 9.17) is 0 Å². The summed E-state index contributed by atoms with van der Waals surface area (Å²) in [5.41, 5.74) is 1.66. The molecule has 142 valence electrons. The number of aryl methyl sites for hydroxylation is 1. The number of nitrogens with zero attached hydrogens (tertiary/aromatic N) is 3. The number of amides is 2. The Hall–Kier alpha value is -2.15. The molecule has 2 aliphatic heterocycles. The SMILES string of the molecule is O=C(NCc1cnc2n1CCCC2)C1CCCN1C(=O)c1ccc(Br)cc1. The summed E-state index contributed by atoms with van der Waals surface area (Å²) in [7, 11) is 0. The Kier molecular flexibility index (Phi) is 5.29. The van der Waals surface area contributed by atoms with E-state index in [1.54, 1.807) is 17.0 Å². The molecule has 0 bridgehead atoms. The molecule has 4 rings (SSSR count). The number of nitrogens with one attached hydrogen (secondary N) is 1. The van der Waals surface area contributed by atoms with Gasteiger partial charge in [-0.1, -0.05) is 15.9 Å². The number of hydrogen-bond donors (Lipinski definition) is 1. The quantitative estimate of drug-likeness (QED) is 0.810. The molecule has 0 aliphatic carbocycles. The molecule has 1 unspecified atom stereocenters. The van der Waals surface area contributed by atoms with Gasteiger partial charge in [-0.25, -0.2) is 4.98 Å². The molecular formula is C20H23BrN4O2. The van der Waals surface area contributed by atoms with E-state index in [0.717, 1.165) is 41.8 Å². The summed E-state index contributed by atoms with van der Waals surface area (Å²) in [5.74, 6) is 0.949. The third kappa shape index (κ3) is 3.78. The zero-order valence-corrected chi connectivity index (χ0v) is 16.7. The van der Waals surface area contributed by atoms with Gasteiger partial charge < -0.3 is 14.8 Å². The first-order valence-electron chi connectivity index (χ1n) is 9.51. The van der Waals surface area contributed by atoms with Gasteiger partial charge in [0.2, 0.25) is 5.91 Å². The zero-order chi connectivity index (χ0) is 18.8. The molecule has 3 heterocycles. The lowest BCUT2D eigenvalue weighted by atomic mass is 10.1. The summed E-state index contributed by atoms with van der Waals surface area (Å²) in [6.07, 6.45) is 6.76. The molecule has 27 heavy (non-hydrogen) atoms. The number of imidazole rings is 1. The van der Waals surface area contributed by atoms with Crippen LogP contribution in [0.25, 0.3) is 0 Å². The van der Waals surface area contributed by atoms with Crippen LogP contribution in [0.15, 0.2) is 34.9 Å². The van der Waals surface area contributed by atoms with Crippen molar-refractivity contribution in [3.8, 4) is 0 Å². The van der Waals surface area contributed by atoms with Crippen molar-refractivity contribution in [2.45, 2.75) is 51.2 Å². The highest BCUT2D eigenvalue weighted by Gasteiger charge is 2.34. The summed E-state index contributed by atoms with van der Waals surface area (Å²) < 4.78 is 3.14. The number of carbonyl (C=O) groups is 2. The molecule has 0 saturated carbocycles. The van der Waals surface area contributed by atoms with E-state index >= 15 is 0 Å². The number of aromatic nitrogens is 2. The second kappa shape index (κ2) is 7.84. The largest absolute Gasteiger partial charge is 0.349 e. The Balaban J connectivity index is 1.41. The fraction of sp³-hybridized carbons (Fsp3) is 0.450. The normalized spacial score (nSPS) is 19.0. The first kappa shape index (κ1) is 18.2. The van der Waals surface area contributed by atoms with Gasteiger partial charge in [-0.15, -0.1) is 0 Å². The van der Waals surface area contributed by atoms with Gasteiger partial charge in [0.25, 0.3) is 5.91 Å². The minimum absolute atomic E-state index is 0.0793. The molecule has 7 heteroatoms. The first-order chi connectivity index (χ1) is 13.1. The van der Waals surface area contributed by atoms with Crippen molar-refractivity contribution in [2.75, 3.05) is 6.54 Å². The van der Waals surface area contributed by atoms with Crippen LogP contribution in [0.5, 0.6) is 0 Å². The first-order valence-corrected chi connectivity index (χ1v) is 10.3. The smallest absolute Gasteiger partial charge is 0.254 e. The van der Waals surface area contributed by atoms with Gasteiger partial charge >= 0.3 is 0 Å². The van der Waals surface area contributed by atoms with Crippen LogP contribution in [0, 0.1) is 0 Å². The van der Waals surface area contributed by atoms with Crippen molar-refractivity contribution in [3.05, 3.63) is 52.0 Å². The monoisotopic (exact) mass is 430 g/mol. The highest BCUT2D eigenvalue weighted by atomic mass is 79.9. The van der Waals surface area contributed by atoms with Crippen LogP contribution in [0.1, 0.15) is 47.6 Å². The number of likely N-dealkylation sites (tertiary alicyclic amines) is 1. The molecule has 1 aromatic carbocycles. The van der Waals surface area contributed by atoms with E-state index in [1.165, 1.54) is 6.42 Å². The van der Waals surface area contributed by atoms with E-state index < -0.39 is 6.04 Å². The number of rotatable bonds is 4. The maximum atomic E-state index is 12.8. The highest BCUT2D eigenvalue weighted by molar-refractivity contribution is 9.10. The Bertz CT molecular complexity index is 846. The van der Waals surface area contributed by atoms with E-state index in [0.29, 0.717) is 25.1 Å². The van der Waals surface area contributed by atoms with Gasteiger partial charge in [0.15, 0.2) is 0 Å². The number of benzene rings is 1. The Morgan fingerprint density at radius 1 is 1.15 bits per heavy atom. The van der Waals surface area contributed by atoms with Gasteiger partial charge in [0.1, 0.15) is 11.9 Å². The van der Waals surface area contributed by atoms with Crippen molar-refractivity contribution >= 4 is 27.7 Å². The summed E-state index contributed by atoms with van der Waals surface area (Å²) in [6.45, 7) is 2.05. The van der Waals surface area contributed by atoms with Crippen molar-refractivity contribution < 1.29 is 9.59 Å². The van der Waals surface area contributed by atoms with Gasteiger partial charge in [-0.2, -0.15) is 0 Å². The predicted octanol–water partition coefficient (Wildman–Crippen LogP) is 2.90. The Labute approximate surface area is 167 Å². The van der Waals surface area contributed by atoms with Crippen LogP contribution in [0.3, 0.4) is 0 Å². The lowest BCUT2D eigenvalue weighted by Crippen LogP contribution is -2.45. The number of fused-ring (bicyclic) bond motifs is 1. The van der Waals surface area contributed by atoms with Crippen molar-refractivity contribution in [3.63, 3.8) is 0 Å². The molecule has 1 aromatic heterocycles. The maximum Gasteiger partial charge on any atom is 0.254 e. The van der Waals surface area contributed by atoms with Gasteiger partial charge in [-0.05, 0) is 49.9 Å².